The first-order valence-corrected chi connectivity index (χ1v) is 10.0. The van der Waals surface area contributed by atoms with E-state index in [0.717, 1.165) is 9.66 Å². The van der Waals surface area contributed by atoms with Gasteiger partial charge < -0.3 is 4.74 Å². The van der Waals surface area contributed by atoms with Crippen molar-refractivity contribution in [3.05, 3.63) is 72.8 Å². The van der Waals surface area contributed by atoms with Crippen LogP contribution in [0.4, 0.5) is 0 Å². The maximum Gasteiger partial charge on any atom is 0.331 e. The molecule has 0 bridgehead atoms. The van der Waals surface area contributed by atoms with Gasteiger partial charge in [0, 0.05) is 30.9 Å². The number of rotatable bonds is 5. The average Bonchev–Trinajstić information content (AvgIpc) is 3.31. The van der Waals surface area contributed by atoms with Crippen LogP contribution in [-0.2, 0) is 19.6 Å². The molecule has 0 fully saturated rings. The molecule has 0 aliphatic rings. The molecule has 0 atom stereocenters. The lowest BCUT2D eigenvalue weighted by atomic mass is 10.2. The first-order valence-electron chi connectivity index (χ1n) is 8.60. The largest absolute Gasteiger partial charge is 0.457 e. The van der Waals surface area contributed by atoms with Crippen LogP contribution in [0.1, 0.15) is 26.3 Å². The number of carbonyl (C=O) groups excluding carboxylic acids is 1. The van der Waals surface area contributed by atoms with Gasteiger partial charge in [-0.1, -0.05) is 0 Å². The van der Waals surface area contributed by atoms with Crippen molar-refractivity contribution in [3.8, 4) is 5.69 Å². The van der Waals surface area contributed by atoms with Gasteiger partial charge in [0.15, 0.2) is 0 Å². The molecule has 0 saturated heterocycles. The second-order valence-electron chi connectivity index (χ2n) is 7.09. The Balaban J connectivity index is 1.77. The molecule has 3 aromatic rings. The van der Waals surface area contributed by atoms with E-state index in [1.165, 1.54) is 36.7 Å². The highest BCUT2D eigenvalue weighted by Crippen LogP contribution is 2.18. The molecule has 8 heteroatoms. The minimum atomic E-state index is -3.73. The average molecular weight is 399 g/mol. The van der Waals surface area contributed by atoms with Crippen molar-refractivity contribution in [3.63, 3.8) is 0 Å². The van der Waals surface area contributed by atoms with E-state index in [9.17, 15) is 13.2 Å². The summed E-state index contributed by atoms with van der Waals surface area (Å²) in [5.41, 5.74) is 0.749. The maximum absolute atomic E-state index is 12.8. The molecule has 2 heterocycles. The molecule has 7 nitrogen and oxygen atoms in total. The van der Waals surface area contributed by atoms with Gasteiger partial charge in [0.2, 0.25) is 0 Å². The van der Waals surface area contributed by atoms with E-state index in [1.54, 1.807) is 62.1 Å². The molecule has 146 valence electrons. The summed E-state index contributed by atoms with van der Waals surface area (Å²) in [6.07, 6.45) is 9.09. The Bertz CT molecular complexity index is 1090. The van der Waals surface area contributed by atoms with E-state index < -0.39 is 21.6 Å². The highest BCUT2D eigenvalue weighted by molar-refractivity contribution is 7.90. The number of ether oxygens (including phenoxy) is 1. The molecule has 1 aromatic carbocycles. The molecule has 3 rings (SSSR count). The zero-order valence-corrected chi connectivity index (χ0v) is 16.6. The van der Waals surface area contributed by atoms with Crippen LogP contribution in [0.2, 0.25) is 0 Å². The molecule has 0 amide bonds. The van der Waals surface area contributed by atoms with Gasteiger partial charge in [0.05, 0.1) is 10.6 Å². The summed E-state index contributed by atoms with van der Waals surface area (Å²) in [7, 11) is -3.73. The summed E-state index contributed by atoms with van der Waals surface area (Å²) in [5.74, 6) is -0.489. The predicted molar refractivity (Wildman–Crippen MR) is 105 cm³/mol. The lowest BCUT2D eigenvalue weighted by Crippen LogP contribution is -2.22. The smallest absolute Gasteiger partial charge is 0.331 e. The molecule has 0 aliphatic carbocycles. The normalized spacial score (nSPS) is 12.4. The van der Waals surface area contributed by atoms with Gasteiger partial charge in [-0.15, -0.1) is 0 Å². The highest BCUT2D eigenvalue weighted by Gasteiger charge is 2.17. The number of benzene rings is 1. The summed E-state index contributed by atoms with van der Waals surface area (Å²) in [6, 6.07) is 9.83. The summed E-state index contributed by atoms with van der Waals surface area (Å²) in [5, 5.41) is 4.11. The van der Waals surface area contributed by atoms with Gasteiger partial charge in [-0.2, -0.15) is 5.10 Å². The van der Waals surface area contributed by atoms with Crippen molar-refractivity contribution in [2.45, 2.75) is 31.3 Å². The van der Waals surface area contributed by atoms with Gasteiger partial charge in [0.25, 0.3) is 10.0 Å². The Morgan fingerprint density at radius 3 is 2.43 bits per heavy atom. The molecule has 28 heavy (non-hydrogen) atoms. The SMILES string of the molecule is CC(C)(C)OC(=O)/C=C/c1ccn(S(=O)(=O)c2ccc(-n3cccn3)cc2)c1. The summed E-state index contributed by atoms with van der Waals surface area (Å²) >= 11 is 0. The van der Waals surface area contributed by atoms with E-state index in [-0.39, 0.29) is 4.90 Å². The summed E-state index contributed by atoms with van der Waals surface area (Å²) < 4.78 is 33.5. The maximum atomic E-state index is 12.8. The van der Waals surface area contributed by atoms with Crippen LogP contribution in [-0.4, -0.2) is 33.7 Å². The van der Waals surface area contributed by atoms with Crippen molar-refractivity contribution in [1.82, 2.24) is 13.8 Å². The van der Waals surface area contributed by atoms with E-state index in [1.807, 2.05) is 0 Å². The zero-order chi connectivity index (χ0) is 20.4. The van der Waals surface area contributed by atoms with Crippen molar-refractivity contribution >= 4 is 22.1 Å². The minimum absolute atomic E-state index is 0.154. The quantitative estimate of drug-likeness (QED) is 0.486. The number of hydrogen-bond donors (Lipinski definition) is 0. The van der Waals surface area contributed by atoms with Crippen LogP contribution < -0.4 is 0 Å². The van der Waals surface area contributed by atoms with Crippen LogP contribution in [0.3, 0.4) is 0 Å². The standard InChI is InChI=1S/C20H21N3O4S/c1-20(2,3)27-19(24)10-5-16-11-14-22(15-16)28(25,26)18-8-6-17(7-9-18)23-13-4-12-21-23/h4-15H,1-3H3/b10-5+. The lowest BCUT2D eigenvalue weighted by Gasteiger charge is -2.17. The van der Waals surface area contributed by atoms with Gasteiger partial charge in [-0.25, -0.2) is 21.9 Å². The second-order valence-corrected chi connectivity index (χ2v) is 8.93. The summed E-state index contributed by atoms with van der Waals surface area (Å²) in [4.78, 5) is 11.9. The van der Waals surface area contributed by atoms with Gasteiger partial charge >= 0.3 is 5.97 Å². The van der Waals surface area contributed by atoms with Gasteiger partial charge in [-0.3, -0.25) is 0 Å². The van der Waals surface area contributed by atoms with E-state index in [4.69, 9.17) is 4.74 Å². The molecule has 0 aliphatic heterocycles. The number of aromatic nitrogens is 3. The zero-order valence-electron chi connectivity index (χ0n) is 15.8. The van der Waals surface area contributed by atoms with Crippen LogP contribution in [0.25, 0.3) is 11.8 Å². The first-order chi connectivity index (χ1) is 13.1. The molecule has 0 spiro atoms. The van der Waals surface area contributed by atoms with Crippen molar-refractivity contribution in [2.75, 3.05) is 0 Å². The fraction of sp³-hybridized carbons (Fsp3) is 0.200. The first kappa shape index (κ1) is 19.6. The van der Waals surface area contributed by atoms with E-state index in [0.29, 0.717) is 5.56 Å². The Labute approximate surface area is 163 Å². The third-order valence-corrected chi connectivity index (χ3v) is 5.34. The minimum Gasteiger partial charge on any atom is -0.457 e. The third-order valence-electron chi connectivity index (χ3n) is 3.69. The molecule has 0 saturated carbocycles. The number of hydrogen-bond acceptors (Lipinski definition) is 5. The van der Waals surface area contributed by atoms with Crippen LogP contribution in [0.15, 0.2) is 72.2 Å². The van der Waals surface area contributed by atoms with E-state index >= 15 is 0 Å². The van der Waals surface area contributed by atoms with Crippen LogP contribution in [0.5, 0.6) is 0 Å². The molecule has 0 unspecified atom stereocenters. The second kappa shape index (κ2) is 7.47. The molecule has 2 aromatic heterocycles. The van der Waals surface area contributed by atoms with Crippen molar-refractivity contribution < 1.29 is 17.9 Å². The molecular weight excluding hydrogens is 378 g/mol. The molecule has 0 N–H and O–H groups in total. The van der Waals surface area contributed by atoms with Crippen LogP contribution >= 0.6 is 0 Å². The fourth-order valence-electron chi connectivity index (χ4n) is 2.45. The predicted octanol–water partition coefficient (Wildman–Crippen LogP) is 3.27. The Hall–Kier alpha value is -3.13. The summed E-state index contributed by atoms with van der Waals surface area (Å²) in [6.45, 7) is 5.33. The Kier molecular flexibility index (Phi) is 5.24. The topological polar surface area (TPSA) is 83.2 Å². The Morgan fingerprint density at radius 2 is 1.82 bits per heavy atom. The number of nitrogens with zero attached hydrogens (tertiary/aromatic N) is 3. The van der Waals surface area contributed by atoms with Gasteiger partial charge in [0.1, 0.15) is 5.60 Å². The van der Waals surface area contributed by atoms with Crippen molar-refractivity contribution in [2.24, 2.45) is 0 Å². The fourth-order valence-corrected chi connectivity index (χ4v) is 3.66. The Morgan fingerprint density at radius 1 is 1.11 bits per heavy atom. The monoisotopic (exact) mass is 399 g/mol. The molecular formula is C20H21N3O4S. The number of esters is 1. The van der Waals surface area contributed by atoms with Crippen LogP contribution in [0, 0.1) is 0 Å². The van der Waals surface area contributed by atoms with Gasteiger partial charge in [-0.05, 0) is 68.8 Å². The lowest BCUT2D eigenvalue weighted by molar-refractivity contribution is -0.148. The molecule has 0 radical (unpaired) electrons. The number of carbonyl (C=O) groups is 1. The van der Waals surface area contributed by atoms with Crippen molar-refractivity contribution in [1.29, 1.82) is 0 Å². The highest BCUT2D eigenvalue weighted by atomic mass is 32.2. The van der Waals surface area contributed by atoms with E-state index in [2.05, 4.69) is 5.10 Å². The third kappa shape index (κ3) is 4.58.